The van der Waals surface area contributed by atoms with E-state index in [1.807, 2.05) is 6.92 Å². The van der Waals surface area contributed by atoms with E-state index >= 15 is 0 Å². The number of rotatable bonds is 9. The van der Waals surface area contributed by atoms with Crippen LogP contribution in [0.25, 0.3) is 0 Å². The third-order valence-corrected chi connectivity index (χ3v) is 6.86. The number of nitrogens with one attached hydrogen (secondary N) is 2. The molecule has 9 nitrogen and oxygen atoms in total. The summed E-state index contributed by atoms with van der Waals surface area (Å²) in [7, 11) is -3.57. The topological polar surface area (TPSA) is 106 Å². The van der Waals surface area contributed by atoms with Crippen LogP contribution in [0.15, 0.2) is 53.4 Å². The smallest absolute Gasteiger partial charge is 0.257 e. The van der Waals surface area contributed by atoms with Gasteiger partial charge in [-0.3, -0.25) is 10.1 Å². The number of ether oxygens (including phenoxy) is 3. The van der Waals surface area contributed by atoms with Crippen LogP contribution >= 0.6 is 12.2 Å². The Labute approximate surface area is 199 Å². The molecule has 0 saturated carbocycles. The van der Waals surface area contributed by atoms with Crippen LogP contribution in [0.4, 0.5) is 5.69 Å². The summed E-state index contributed by atoms with van der Waals surface area (Å²) in [5.41, 5.74) is 0.939. The molecule has 1 fully saturated rings. The van der Waals surface area contributed by atoms with E-state index in [-0.39, 0.29) is 10.0 Å². The minimum atomic E-state index is -3.57. The number of amides is 1. The number of morpholine rings is 1. The summed E-state index contributed by atoms with van der Waals surface area (Å²) >= 11 is 5.22. The molecule has 1 amide bonds. The van der Waals surface area contributed by atoms with Crippen LogP contribution in [0, 0.1) is 0 Å². The van der Waals surface area contributed by atoms with E-state index in [1.165, 1.54) is 16.4 Å². The SMILES string of the molecule is CCOCCOc1cccc(C(=O)NC(=S)Nc2ccc(S(=O)(=O)N3CCOCC3)cc2)c1. The molecule has 0 aromatic heterocycles. The van der Waals surface area contributed by atoms with E-state index in [0.717, 1.165) is 0 Å². The van der Waals surface area contributed by atoms with Crippen molar-refractivity contribution in [3.05, 3.63) is 54.1 Å². The fourth-order valence-electron chi connectivity index (χ4n) is 3.07. The summed E-state index contributed by atoms with van der Waals surface area (Å²) in [5, 5.41) is 5.58. The minimum Gasteiger partial charge on any atom is -0.491 e. The Morgan fingerprint density at radius 2 is 1.85 bits per heavy atom. The number of anilines is 1. The normalized spacial score (nSPS) is 14.5. The van der Waals surface area contributed by atoms with Crippen molar-refractivity contribution in [1.29, 1.82) is 0 Å². The Morgan fingerprint density at radius 1 is 1.12 bits per heavy atom. The molecule has 2 aromatic carbocycles. The second-order valence-corrected chi connectivity index (χ2v) is 9.37. The molecule has 0 bridgehead atoms. The van der Waals surface area contributed by atoms with Crippen molar-refractivity contribution >= 4 is 38.9 Å². The molecule has 0 atom stereocenters. The predicted molar refractivity (Wildman–Crippen MR) is 128 cm³/mol. The standard InChI is InChI=1S/C22H27N3O6S2/c1-2-29-14-15-31-19-5-3-4-17(16-19)21(26)24-22(32)23-18-6-8-20(9-7-18)33(27,28)25-10-12-30-13-11-25/h3-9,16H,2,10-15H2,1H3,(H2,23,24,26,32). The van der Waals surface area contributed by atoms with Gasteiger partial charge in [-0.25, -0.2) is 8.42 Å². The number of benzene rings is 2. The van der Waals surface area contributed by atoms with Gasteiger partial charge < -0.3 is 19.5 Å². The monoisotopic (exact) mass is 493 g/mol. The molecule has 0 aliphatic carbocycles. The van der Waals surface area contributed by atoms with Gasteiger partial charge in [0.05, 0.1) is 24.7 Å². The zero-order valence-corrected chi connectivity index (χ0v) is 19.9. The number of nitrogens with zero attached hydrogens (tertiary/aromatic N) is 1. The summed E-state index contributed by atoms with van der Waals surface area (Å²) in [6.45, 7) is 4.80. The molecule has 1 saturated heterocycles. The van der Waals surface area contributed by atoms with Crippen molar-refractivity contribution in [1.82, 2.24) is 9.62 Å². The highest BCUT2D eigenvalue weighted by Crippen LogP contribution is 2.19. The highest BCUT2D eigenvalue weighted by Gasteiger charge is 2.26. The zero-order valence-electron chi connectivity index (χ0n) is 18.3. The van der Waals surface area contributed by atoms with Crippen LogP contribution in [0.2, 0.25) is 0 Å². The van der Waals surface area contributed by atoms with Gasteiger partial charge in [0.15, 0.2) is 5.11 Å². The molecule has 1 aliphatic heterocycles. The first-order valence-electron chi connectivity index (χ1n) is 10.5. The first kappa shape index (κ1) is 25.1. The summed E-state index contributed by atoms with van der Waals surface area (Å²) < 4.78 is 42.8. The number of hydrogen-bond acceptors (Lipinski definition) is 7. The molecular weight excluding hydrogens is 466 g/mol. The predicted octanol–water partition coefficient (Wildman–Crippen LogP) is 2.25. The van der Waals surface area contributed by atoms with Crippen LogP contribution in [0.3, 0.4) is 0 Å². The number of hydrogen-bond donors (Lipinski definition) is 2. The Hall–Kier alpha value is -2.57. The van der Waals surface area contributed by atoms with E-state index in [2.05, 4.69) is 10.6 Å². The third kappa shape index (κ3) is 7.21. The first-order valence-corrected chi connectivity index (χ1v) is 12.4. The van der Waals surface area contributed by atoms with Gasteiger partial charge in [0, 0.05) is 30.9 Å². The van der Waals surface area contributed by atoms with Crippen molar-refractivity contribution in [2.45, 2.75) is 11.8 Å². The molecule has 2 aromatic rings. The Balaban J connectivity index is 1.54. The lowest BCUT2D eigenvalue weighted by Gasteiger charge is -2.26. The van der Waals surface area contributed by atoms with Gasteiger partial charge in [-0.1, -0.05) is 6.07 Å². The molecule has 33 heavy (non-hydrogen) atoms. The summed E-state index contributed by atoms with van der Waals surface area (Å²) in [6.07, 6.45) is 0. The molecule has 178 valence electrons. The average molecular weight is 494 g/mol. The molecule has 2 N–H and O–H groups in total. The summed E-state index contributed by atoms with van der Waals surface area (Å²) in [6, 6.07) is 12.9. The van der Waals surface area contributed by atoms with Gasteiger partial charge in [-0.05, 0) is 61.6 Å². The highest BCUT2D eigenvalue weighted by molar-refractivity contribution is 7.89. The second-order valence-electron chi connectivity index (χ2n) is 7.02. The number of carbonyl (C=O) groups is 1. The van der Waals surface area contributed by atoms with Crippen molar-refractivity contribution in [2.24, 2.45) is 0 Å². The van der Waals surface area contributed by atoms with Gasteiger partial charge >= 0.3 is 0 Å². The number of thiocarbonyl (C=S) groups is 1. The molecule has 0 radical (unpaired) electrons. The van der Waals surface area contributed by atoms with Crippen LogP contribution in [0.5, 0.6) is 5.75 Å². The quantitative estimate of drug-likeness (QED) is 0.405. The largest absolute Gasteiger partial charge is 0.491 e. The molecular formula is C22H27N3O6S2. The summed E-state index contributed by atoms with van der Waals surface area (Å²) in [4.78, 5) is 12.7. The lowest BCUT2D eigenvalue weighted by atomic mass is 10.2. The van der Waals surface area contributed by atoms with Crippen LogP contribution in [-0.4, -0.2) is 69.9 Å². The minimum absolute atomic E-state index is 0.0893. The Bertz CT molecular complexity index is 1050. The van der Waals surface area contributed by atoms with E-state index in [4.69, 9.17) is 26.4 Å². The lowest BCUT2D eigenvalue weighted by molar-refractivity contribution is 0.0730. The van der Waals surface area contributed by atoms with Crippen molar-refractivity contribution < 1.29 is 27.4 Å². The third-order valence-electron chi connectivity index (χ3n) is 4.74. The van der Waals surface area contributed by atoms with Crippen LogP contribution in [0.1, 0.15) is 17.3 Å². The average Bonchev–Trinajstić information content (AvgIpc) is 2.83. The molecule has 1 heterocycles. The van der Waals surface area contributed by atoms with Gasteiger partial charge in [0.1, 0.15) is 12.4 Å². The maximum atomic E-state index is 12.7. The molecule has 1 aliphatic rings. The Kier molecular flexibility index (Phi) is 9.15. The fourth-order valence-corrected chi connectivity index (χ4v) is 4.69. The van der Waals surface area contributed by atoms with Crippen molar-refractivity contribution in [2.75, 3.05) is 51.4 Å². The van der Waals surface area contributed by atoms with Crippen LogP contribution in [-0.2, 0) is 19.5 Å². The molecule has 0 unspecified atom stereocenters. The first-order chi connectivity index (χ1) is 15.9. The fraction of sp³-hybridized carbons (Fsp3) is 0.364. The molecule has 3 rings (SSSR count). The van der Waals surface area contributed by atoms with Gasteiger partial charge in [-0.2, -0.15) is 4.31 Å². The van der Waals surface area contributed by atoms with Crippen molar-refractivity contribution in [3.8, 4) is 5.75 Å². The lowest BCUT2D eigenvalue weighted by Crippen LogP contribution is -2.40. The highest BCUT2D eigenvalue weighted by atomic mass is 32.2. The van der Waals surface area contributed by atoms with Crippen LogP contribution < -0.4 is 15.4 Å². The van der Waals surface area contributed by atoms with Gasteiger partial charge in [0.2, 0.25) is 10.0 Å². The van der Waals surface area contributed by atoms with Gasteiger partial charge in [-0.15, -0.1) is 0 Å². The molecule has 0 spiro atoms. The second kappa shape index (κ2) is 12.1. The van der Waals surface area contributed by atoms with Crippen molar-refractivity contribution in [3.63, 3.8) is 0 Å². The van der Waals surface area contributed by atoms with E-state index < -0.39 is 15.9 Å². The van der Waals surface area contributed by atoms with E-state index in [1.54, 1.807) is 36.4 Å². The maximum Gasteiger partial charge on any atom is 0.257 e. The summed E-state index contributed by atoms with van der Waals surface area (Å²) in [5.74, 6) is 0.160. The zero-order chi connectivity index (χ0) is 23.7. The maximum absolute atomic E-state index is 12.7. The van der Waals surface area contributed by atoms with Gasteiger partial charge in [0.25, 0.3) is 5.91 Å². The molecule has 11 heteroatoms. The van der Waals surface area contributed by atoms with E-state index in [0.29, 0.717) is 63.1 Å². The van der Waals surface area contributed by atoms with E-state index in [9.17, 15) is 13.2 Å². The number of carbonyl (C=O) groups excluding carboxylic acids is 1. The Morgan fingerprint density at radius 3 is 2.55 bits per heavy atom. The number of sulfonamides is 1.